The molecule has 0 atom stereocenters. The third kappa shape index (κ3) is 1.91. The van der Waals surface area contributed by atoms with Crippen molar-refractivity contribution in [2.75, 3.05) is 17.6 Å². The standard InChI is InChI=1S/C15H18N4/c16-11-3-4-13-12(7-11)14(19-9-18-13)17-8-15(5-6-15)10-1-2-10/h3-4,7,9-10H,1-2,5-6,8,16H2,(H,17,18,19). The van der Waals surface area contributed by atoms with Crippen molar-refractivity contribution in [3.63, 3.8) is 0 Å². The van der Waals surface area contributed by atoms with Crippen LogP contribution >= 0.6 is 0 Å². The van der Waals surface area contributed by atoms with Gasteiger partial charge >= 0.3 is 0 Å². The van der Waals surface area contributed by atoms with Crippen molar-refractivity contribution >= 4 is 22.4 Å². The maximum Gasteiger partial charge on any atom is 0.137 e. The zero-order valence-corrected chi connectivity index (χ0v) is 10.9. The van der Waals surface area contributed by atoms with Gasteiger partial charge in [0.05, 0.1) is 5.52 Å². The van der Waals surface area contributed by atoms with Crippen LogP contribution in [-0.4, -0.2) is 16.5 Å². The van der Waals surface area contributed by atoms with Gasteiger partial charge in [0, 0.05) is 17.6 Å². The summed E-state index contributed by atoms with van der Waals surface area (Å²) >= 11 is 0. The Labute approximate surface area is 112 Å². The van der Waals surface area contributed by atoms with E-state index in [-0.39, 0.29) is 0 Å². The predicted octanol–water partition coefficient (Wildman–Crippen LogP) is 2.81. The largest absolute Gasteiger partial charge is 0.399 e. The molecular formula is C15H18N4. The van der Waals surface area contributed by atoms with Gasteiger partial charge in [-0.05, 0) is 55.2 Å². The summed E-state index contributed by atoms with van der Waals surface area (Å²) < 4.78 is 0. The van der Waals surface area contributed by atoms with Crippen molar-refractivity contribution in [1.29, 1.82) is 0 Å². The third-order valence-corrected chi connectivity index (χ3v) is 4.60. The zero-order chi connectivity index (χ0) is 12.9. The molecule has 19 heavy (non-hydrogen) atoms. The van der Waals surface area contributed by atoms with Crippen molar-refractivity contribution in [2.24, 2.45) is 11.3 Å². The first-order valence-electron chi connectivity index (χ1n) is 7.01. The van der Waals surface area contributed by atoms with E-state index in [4.69, 9.17) is 5.73 Å². The van der Waals surface area contributed by atoms with E-state index in [1.165, 1.54) is 25.7 Å². The van der Waals surface area contributed by atoms with Crippen molar-refractivity contribution < 1.29 is 0 Å². The normalized spacial score (nSPS) is 20.4. The van der Waals surface area contributed by atoms with Gasteiger partial charge in [0.25, 0.3) is 0 Å². The summed E-state index contributed by atoms with van der Waals surface area (Å²) in [4.78, 5) is 8.66. The molecule has 1 aromatic heterocycles. The van der Waals surface area contributed by atoms with Crippen molar-refractivity contribution in [3.05, 3.63) is 24.5 Å². The van der Waals surface area contributed by atoms with Gasteiger partial charge in [0.15, 0.2) is 0 Å². The van der Waals surface area contributed by atoms with E-state index in [1.54, 1.807) is 6.33 Å². The lowest BCUT2D eigenvalue weighted by Gasteiger charge is -2.16. The number of aromatic nitrogens is 2. The summed E-state index contributed by atoms with van der Waals surface area (Å²) in [5, 5.41) is 4.55. The van der Waals surface area contributed by atoms with Gasteiger partial charge in [-0.2, -0.15) is 0 Å². The predicted molar refractivity (Wildman–Crippen MR) is 76.8 cm³/mol. The fraction of sp³-hybridized carbons (Fsp3) is 0.467. The SMILES string of the molecule is Nc1ccc2ncnc(NCC3(C4CC4)CC3)c2c1. The quantitative estimate of drug-likeness (QED) is 0.823. The number of nitrogens with two attached hydrogens (primary N) is 1. The van der Waals surface area contributed by atoms with Gasteiger partial charge in [-0.3, -0.25) is 0 Å². The first-order valence-corrected chi connectivity index (χ1v) is 7.01. The number of hydrogen-bond donors (Lipinski definition) is 2. The molecule has 2 saturated carbocycles. The Morgan fingerprint density at radius 1 is 1.26 bits per heavy atom. The molecule has 1 heterocycles. The van der Waals surface area contributed by atoms with Crippen LogP contribution in [0.5, 0.6) is 0 Å². The summed E-state index contributed by atoms with van der Waals surface area (Å²) in [6, 6.07) is 5.78. The van der Waals surface area contributed by atoms with Crippen LogP contribution in [0.3, 0.4) is 0 Å². The highest BCUT2D eigenvalue weighted by atomic mass is 15.0. The van der Waals surface area contributed by atoms with Gasteiger partial charge in [-0.1, -0.05) is 0 Å². The molecule has 4 rings (SSSR count). The number of hydrogen-bond acceptors (Lipinski definition) is 4. The van der Waals surface area contributed by atoms with Crippen LogP contribution in [0.25, 0.3) is 10.9 Å². The Hall–Kier alpha value is -1.84. The Morgan fingerprint density at radius 3 is 2.84 bits per heavy atom. The number of nitrogen functional groups attached to an aromatic ring is 1. The maximum absolute atomic E-state index is 5.86. The molecule has 2 fully saturated rings. The minimum atomic E-state index is 0.567. The van der Waals surface area contributed by atoms with Crippen LogP contribution in [-0.2, 0) is 0 Å². The Bertz CT molecular complexity index is 629. The summed E-state index contributed by atoms with van der Waals surface area (Å²) in [5.74, 6) is 1.88. The van der Waals surface area contributed by atoms with Crippen LogP contribution in [0.1, 0.15) is 25.7 Å². The van der Waals surface area contributed by atoms with E-state index in [0.29, 0.717) is 5.41 Å². The summed E-state index contributed by atoms with van der Waals surface area (Å²) in [7, 11) is 0. The van der Waals surface area contributed by atoms with Gasteiger partial charge in [0.2, 0.25) is 0 Å². The molecule has 4 heteroatoms. The molecule has 0 saturated heterocycles. The van der Waals surface area contributed by atoms with E-state index < -0.39 is 0 Å². The molecule has 98 valence electrons. The summed E-state index contributed by atoms with van der Waals surface area (Å²) in [6.45, 7) is 1.04. The summed E-state index contributed by atoms with van der Waals surface area (Å²) in [5.41, 5.74) is 8.13. The Balaban J connectivity index is 1.61. The maximum atomic E-state index is 5.86. The van der Waals surface area contributed by atoms with Crippen LogP contribution in [0.4, 0.5) is 11.5 Å². The monoisotopic (exact) mass is 254 g/mol. The number of rotatable bonds is 4. The fourth-order valence-corrected chi connectivity index (χ4v) is 3.06. The lowest BCUT2D eigenvalue weighted by Crippen LogP contribution is -2.18. The van der Waals surface area contributed by atoms with Crippen molar-refractivity contribution in [1.82, 2.24) is 9.97 Å². The van der Waals surface area contributed by atoms with Crippen LogP contribution in [0.2, 0.25) is 0 Å². The van der Waals surface area contributed by atoms with Crippen molar-refractivity contribution in [2.45, 2.75) is 25.7 Å². The van der Waals surface area contributed by atoms with Crippen LogP contribution < -0.4 is 11.1 Å². The topological polar surface area (TPSA) is 63.8 Å². The van der Waals surface area contributed by atoms with Gasteiger partial charge in [-0.25, -0.2) is 9.97 Å². The molecule has 0 bridgehead atoms. The number of nitrogens with one attached hydrogen (secondary N) is 1. The zero-order valence-electron chi connectivity index (χ0n) is 10.9. The Morgan fingerprint density at radius 2 is 2.11 bits per heavy atom. The molecule has 4 nitrogen and oxygen atoms in total. The second-order valence-corrected chi connectivity index (χ2v) is 5.99. The van der Waals surface area contributed by atoms with E-state index in [1.807, 2.05) is 18.2 Å². The average Bonchev–Trinajstić information content (AvgIpc) is 3.27. The molecule has 0 radical (unpaired) electrons. The minimum absolute atomic E-state index is 0.567. The number of fused-ring (bicyclic) bond motifs is 1. The second kappa shape index (κ2) is 3.83. The van der Waals surface area contributed by atoms with E-state index >= 15 is 0 Å². The average molecular weight is 254 g/mol. The lowest BCUT2D eigenvalue weighted by molar-refractivity contribution is 0.466. The fourth-order valence-electron chi connectivity index (χ4n) is 3.06. The van der Waals surface area contributed by atoms with Crippen LogP contribution in [0.15, 0.2) is 24.5 Å². The van der Waals surface area contributed by atoms with E-state index in [2.05, 4.69) is 15.3 Å². The molecule has 0 spiro atoms. The lowest BCUT2D eigenvalue weighted by atomic mass is 10.0. The van der Waals surface area contributed by atoms with Crippen LogP contribution in [0, 0.1) is 11.3 Å². The first kappa shape index (κ1) is 11.0. The smallest absolute Gasteiger partial charge is 0.137 e. The number of benzene rings is 1. The first-order chi connectivity index (χ1) is 9.27. The molecule has 2 aromatic rings. The summed E-state index contributed by atoms with van der Waals surface area (Å²) in [6.07, 6.45) is 7.20. The molecular weight excluding hydrogens is 236 g/mol. The molecule has 0 aliphatic heterocycles. The van der Waals surface area contributed by atoms with Gasteiger partial charge < -0.3 is 11.1 Å². The molecule has 0 amide bonds. The highest BCUT2D eigenvalue weighted by molar-refractivity contribution is 5.91. The number of nitrogens with zero attached hydrogens (tertiary/aromatic N) is 2. The number of anilines is 2. The van der Waals surface area contributed by atoms with Gasteiger partial charge in [-0.15, -0.1) is 0 Å². The van der Waals surface area contributed by atoms with Gasteiger partial charge in [0.1, 0.15) is 12.1 Å². The molecule has 2 aliphatic rings. The highest BCUT2D eigenvalue weighted by Crippen LogP contribution is 2.61. The highest BCUT2D eigenvalue weighted by Gasteiger charge is 2.53. The Kier molecular flexibility index (Phi) is 2.22. The van der Waals surface area contributed by atoms with E-state index in [9.17, 15) is 0 Å². The molecule has 0 unspecified atom stereocenters. The molecule has 2 aliphatic carbocycles. The third-order valence-electron chi connectivity index (χ3n) is 4.60. The van der Waals surface area contributed by atoms with E-state index in [0.717, 1.165) is 34.9 Å². The molecule has 1 aromatic carbocycles. The molecule has 3 N–H and O–H groups in total. The minimum Gasteiger partial charge on any atom is -0.399 e. The second-order valence-electron chi connectivity index (χ2n) is 5.99. The van der Waals surface area contributed by atoms with Crippen molar-refractivity contribution in [3.8, 4) is 0 Å².